The van der Waals surface area contributed by atoms with Gasteiger partial charge < -0.3 is 4.52 Å². The van der Waals surface area contributed by atoms with E-state index in [1.165, 1.54) is 5.57 Å². The summed E-state index contributed by atoms with van der Waals surface area (Å²) < 4.78 is 5.25. The van der Waals surface area contributed by atoms with Crippen LogP contribution in [0.4, 0.5) is 0 Å². The van der Waals surface area contributed by atoms with E-state index in [0.29, 0.717) is 11.6 Å². The van der Waals surface area contributed by atoms with Crippen LogP contribution < -0.4 is 0 Å². The summed E-state index contributed by atoms with van der Waals surface area (Å²) in [7, 11) is 0. The molecule has 3 rings (SSSR count). The molecule has 88 valence electrons. The Labute approximate surface area is 98.9 Å². The second-order valence-electron chi connectivity index (χ2n) is 5.02. The number of hydrogen-bond acceptors (Lipinski definition) is 4. The summed E-state index contributed by atoms with van der Waals surface area (Å²) in [6, 6.07) is 1.89. The van der Waals surface area contributed by atoms with E-state index in [0.717, 1.165) is 24.4 Å². The second-order valence-corrected chi connectivity index (χ2v) is 5.02. The Morgan fingerprint density at radius 2 is 2.24 bits per heavy atom. The van der Waals surface area contributed by atoms with Crippen LogP contribution in [-0.4, -0.2) is 20.3 Å². The van der Waals surface area contributed by atoms with Crippen LogP contribution in [0.5, 0.6) is 0 Å². The van der Waals surface area contributed by atoms with Gasteiger partial charge in [0.15, 0.2) is 11.5 Å². The third-order valence-corrected chi connectivity index (χ3v) is 3.17. The summed E-state index contributed by atoms with van der Waals surface area (Å²) in [5.41, 5.74) is 2.91. The Morgan fingerprint density at radius 3 is 2.82 bits per heavy atom. The van der Waals surface area contributed by atoms with E-state index in [4.69, 9.17) is 4.52 Å². The van der Waals surface area contributed by atoms with Gasteiger partial charge in [0.1, 0.15) is 0 Å². The summed E-state index contributed by atoms with van der Waals surface area (Å²) in [5.74, 6) is 1.23. The fraction of sp³-hybridized carbons (Fsp3) is 0.417. The maximum atomic E-state index is 5.25. The zero-order valence-corrected chi connectivity index (χ0v) is 9.95. The van der Waals surface area contributed by atoms with Crippen LogP contribution in [0.15, 0.2) is 22.7 Å². The Morgan fingerprint density at radius 1 is 1.47 bits per heavy atom. The number of rotatable bonds is 2. The summed E-state index contributed by atoms with van der Waals surface area (Å²) in [6.45, 7) is 8.01. The number of H-pyrrole nitrogens is 1. The first-order valence-corrected chi connectivity index (χ1v) is 5.60. The molecule has 1 aliphatic carbocycles. The van der Waals surface area contributed by atoms with Crippen molar-refractivity contribution in [1.29, 1.82) is 0 Å². The number of aromatic nitrogens is 4. The van der Waals surface area contributed by atoms with Crippen LogP contribution in [0.3, 0.4) is 0 Å². The fourth-order valence-electron chi connectivity index (χ4n) is 2.31. The van der Waals surface area contributed by atoms with Crippen LogP contribution in [-0.2, 0) is 5.41 Å². The second kappa shape index (κ2) is 3.29. The average molecular weight is 230 g/mol. The maximum Gasteiger partial charge on any atom is 0.278 e. The molecule has 2 aromatic rings. The summed E-state index contributed by atoms with van der Waals surface area (Å²) in [5, 5.41) is 11.0. The van der Waals surface area contributed by atoms with Crippen molar-refractivity contribution in [2.75, 3.05) is 0 Å². The Hall–Kier alpha value is -1.91. The molecule has 1 saturated carbocycles. The summed E-state index contributed by atoms with van der Waals surface area (Å²) in [4.78, 5) is 4.42. The molecule has 5 nitrogen and oxygen atoms in total. The van der Waals surface area contributed by atoms with Crippen molar-refractivity contribution in [3.05, 3.63) is 29.7 Å². The molecule has 1 aliphatic rings. The topological polar surface area (TPSA) is 67.6 Å². The van der Waals surface area contributed by atoms with Crippen molar-refractivity contribution >= 4 is 0 Å². The standard InChI is InChI=1S/C12H14N4O/c1-7-5-12(3,6-7)11-13-10(17-16-11)9-4-8(2)14-15-9/h4H,1,5-6H2,2-3H3,(H,14,15). The number of hydrogen-bond donors (Lipinski definition) is 1. The van der Waals surface area contributed by atoms with Gasteiger partial charge in [0, 0.05) is 11.1 Å². The SMILES string of the molecule is C=C1CC(C)(c2noc(-c3cc(C)[nH]n3)n2)C1. The normalized spacial score (nSPS) is 18.1. The van der Waals surface area contributed by atoms with Gasteiger partial charge in [0.05, 0.1) is 0 Å². The molecule has 0 amide bonds. The van der Waals surface area contributed by atoms with Gasteiger partial charge in [-0.3, -0.25) is 5.10 Å². The minimum atomic E-state index is -0.00974. The molecule has 0 spiro atoms. The third-order valence-electron chi connectivity index (χ3n) is 3.17. The minimum absolute atomic E-state index is 0.00974. The lowest BCUT2D eigenvalue weighted by Crippen LogP contribution is -2.33. The fourth-order valence-corrected chi connectivity index (χ4v) is 2.31. The highest BCUT2D eigenvalue weighted by molar-refractivity contribution is 5.47. The highest BCUT2D eigenvalue weighted by atomic mass is 16.5. The first-order valence-electron chi connectivity index (χ1n) is 5.60. The van der Waals surface area contributed by atoms with Gasteiger partial charge in [-0.2, -0.15) is 10.1 Å². The van der Waals surface area contributed by atoms with Gasteiger partial charge in [-0.1, -0.05) is 24.2 Å². The lowest BCUT2D eigenvalue weighted by atomic mass is 9.67. The minimum Gasteiger partial charge on any atom is -0.332 e. The van der Waals surface area contributed by atoms with Crippen molar-refractivity contribution in [3.63, 3.8) is 0 Å². The van der Waals surface area contributed by atoms with Gasteiger partial charge >= 0.3 is 0 Å². The molecule has 2 heterocycles. The summed E-state index contributed by atoms with van der Waals surface area (Å²) in [6.07, 6.45) is 1.87. The van der Waals surface area contributed by atoms with E-state index >= 15 is 0 Å². The van der Waals surface area contributed by atoms with E-state index in [9.17, 15) is 0 Å². The maximum absolute atomic E-state index is 5.25. The van der Waals surface area contributed by atoms with Crippen molar-refractivity contribution in [3.8, 4) is 11.6 Å². The lowest BCUT2D eigenvalue weighted by molar-refractivity contribution is 0.322. The predicted molar refractivity (Wildman–Crippen MR) is 62.3 cm³/mol. The Bertz CT molecular complexity index is 573. The lowest BCUT2D eigenvalue weighted by Gasteiger charge is -2.37. The first-order chi connectivity index (χ1) is 8.07. The van der Waals surface area contributed by atoms with E-state index in [1.807, 2.05) is 13.0 Å². The molecule has 0 aliphatic heterocycles. The molecule has 0 aromatic carbocycles. The molecule has 0 atom stereocenters. The highest BCUT2D eigenvalue weighted by Gasteiger charge is 2.40. The van der Waals surface area contributed by atoms with E-state index < -0.39 is 0 Å². The molecule has 1 fully saturated rings. The quantitative estimate of drug-likeness (QED) is 0.804. The molecule has 2 aromatic heterocycles. The number of aryl methyl sites for hydroxylation is 1. The monoisotopic (exact) mass is 230 g/mol. The van der Waals surface area contributed by atoms with Crippen LogP contribution in [0.1, 0.15) is 31.3 Å². The number of nitrogens with zero attached hydrogens (tertiary/aromatic N) is 3. The molecule has 0 saturated heterocycles. The molecular formula is C12H14N4O. The number of nitrogens with one attached hydrogen (secondary N) is 1. The number of allylic oxidation sites excluding steroid dienone is 1. The van der Waals surface area contributed by atoms with Crippen LogP contribution >= 0.6 is 0 Å². The van der Waals surface area contributed by atoms with E-state index in [1.54, 1.807) is 0 Å². The average Bonchev–Trinajstić information content (AvgIpc) is 2.83. The van der Waals surface area contributed by atoms with Crippen molar-refractivity contribution < 1.29 is 4.52 Å². The molecular weight excluding hydrogens is 216 g/mol. The zero-order chi connectivity index (χ0) is 12.0. The highest BCUT2D eigenvalue weighted by Crippen LogP contribution is 2.45. The van der Waals surface area contributed by atoms with Crippen molar-refractivity contribution in [1.82, 2.24) is 20.3 Å². The largest absolute Gasteiger partial charge is 0.332 e. The molecule has 17 heavy (non-hydrogen) atoms. The van der Waals surface area contributed by atoms with Crippen LogP contribution in [0.2, 0.25) is 0 Å². The predicted octanol–water partition coefficient (Wildman–Crippen LogP) is 2.38. The van der Waals surface area contributed by atoms with Crippen LogP contribution in [0, 0.1) is 6.92 Å². The first kappa shape index (κ1) is 10.3. The Kier molecular flexibility index (Phi) is 1.98. The summed E-state index contributed by atoms with van der Waals surface area (Å²) >= 11 is 0. The number of aromatic amines is 1. The van der Waals surface area contributed by atoms with Gasteiger partial charge in [-0.15, -0.1) is 0 Å². The van der Waals surface area contributed by atoms with E-state index in [2.05, 4.69) is 33.8 Å². The van der Waals surface area contributed by atoms with Gasteiger partial charge in [0.25, 0.3) is 5.89 Å². The smallest absolute Gasteiger partial charge is 0.278 e. The van der Waals surface area contributed by atoms with Gasteiger partial charge in [-0.05, 0) is 25.8 Å². The van der Waals surface area contributed by atoms with Crippen LogP contribution in [0.25, 0.3) is 11.6 Å². The Balaban J connectivity index is 1.91. The third kappa shape index (κ3) is 1.58. The molecule has 5 heteroatoms. The zero-order valence-electron chi connectivity index (χ0n) is 9.95. The molecule has 1 N–H and O–H groups in total. The molecule has 0 radical (unpaired) electrons. The van der Waals surface area contributed by atoms with E-state index in [-0.39, 0.29) is 5.41 Å². The molecule has 0 unspecified atom stereocenters. The van der Waals surface area contributed by atoms with Gasteiger partial charge in [0.2, 0.25) is 0 Å². The van der Waals surface area contributed by atoms with Crippen molar-refractivity contribution in [2.24, 2.45) is 0 Å². The van der Waals surface area contributed by atoms with Crippen molar-refractivity contribution in [2.45, 2.75) is 32.1 Å². The molecule has 0 bridgehead atoms. The van der Waals surface area contributed by atoms with Gasteiger partial charge in [-0.25, -0.2) is 0 Å².